The van der Waals surface area contributed by atoms with Gasteiger partial charge in [0.1, 0.15) is 5.56 Å². The summed E-state index contributed by atoms with van der Waals surface area (Å²) in [6.45, 7) is 9.89. The largest absolute Gasteiger partial charge is 0.478 e. The maximum Gasteiger partial charge on any atom is 0.339 e. The van der Waals surface area contributed by atoms with Gasteiger partial charge < -0.3 is 15.3 Å². The van der Waals surface area contributed by atoms with Crippen molar-refractivity contribution in [2.24, 2.45) is 7.05 Å². The Bertz CT molecular complexity index is 413. The zero-order valence-electron chi connectivity index (χ0n) is 12.2. The van der Waals surface area contributed by atoms with Crippen molar-refractivity contribution in [3.05, 3.63) is 17.5 Å². The van der Waals surface area contributed by atoms with Gasteiger partial charge in [-0.05, 0) is 20.0 Å². The maximum atomic E-state index is 11.1. The molecule has 6 nitrogen and oxygen atoms in total. The van der Waals surface area contributed by atoms with E-state index < -0.39 is 5.97 Å². The molecule has 6 heteroatoms. The first-order valence-corrected chi connectivity index (χ1v) is 6.69. The van der Waals surface area contributed by atoms with Crippen molar-refractivity contribution >= 4 is 5.97 Å². The Hall–Kier alpha value is -1.40. The second-order valence-electron chi connectivity index (χ2n) is 4.70. The molecule has 0 aliphatic rings. The molecule has 108 valence electrons. The van der Waals surface area contributed by atoms with Crippen LogP contribution in [-0.4, -0.2) is 51.4 Å². The molecule has 1 aromatic rings. The zero-order chi connectivity index (χ0) is 14.4. The molecule has 0 saturated heterocycles. The lowest BCUT2D eigenvalue weighted by Gasteiger charge is -2.23. The number of nitrogens with one attached hydrogen (secondary N) is 1. The van der Waals surface area contributed by atoms with E-state index in [0.717, 1.165) is 19.6 Å². The molecule has 1 atom stereocenters. The number of hydrogen-bond acceptors (Lipinski definition) is 4. The van der Waals surface area contributed by atoms with E-state index in [1.807, 2.05) is 0 Å². The van der Waals surface area contributed by atoms with Crippen molar-refractivity contribution in [3.8, 4) is 0 Å². The minimum absolute atomic E-state index is 0.269. The molecule has 1 rings (SSSR count). The standard InChI is InChI=1S/C13H24N4O2/c1-5-17(6-2)9-10(3)14-8-12-11(13(18)19)7-15-16(12)4/h7,10,14H,5-6,8-9H2,1-4H3,(H,18,19). The van der Waals surface area contributed by atoms with Crippen molar-refractivity contribution in [2.75, 3.05) is 19.6 Å². The van der Waals surface area contributed by atoms with E-state index in [0.29, 0.717) is 18.3 Å². The summed E-state index contributed by atoms with van der Waals surface area (Å²) in [6, 6.07) is 0.302. The summed E-state index contributed by atoms with van der Waals surface area (Å²) in [6.07, 6.45) is 1.40. The van der Waals surface area contributed by atoms with Gasteiger partial charge in [-0.3, -0.25) is 4.68 Å². The molecule has 0 aliphatic carbocycles. The Balaban J connectivity index is 2.57. The normalized spacial score (nSPS) is 12.9. The molecule has 0 amide bonds. The molecular formula is C13H24N4O2. The lowest BCUT2D eigenvalue weighted by Crippen LogP contribution is -2.39. The molecule has 0 spiro atoms. The maximum absolute atomic E-state index is 11.1. The van der Waals surface area contributed by atoms with E-state index in [9.17, 15) is 4.79 Å². The van der Waals surface area contributed by atoms with Gasteiger partial charge in [0, 0.05) is 26.2 Å². The van der Waals surface area contributed by atoms with Crippen molar-refractivity contribution in [2.45, 2.75) is 33.4 Å². The summed E-state index contributed by atoms with van der Waals surface area (Å²) in [5.74, 6) is -0.929. The number of carboxylic acid groups (broad SMARTS) is 1. The SMILES string of the molecule is CCN(CC)CC(C)NCc1c(C(=O)O)cnn1C. The van der Waals surface area contributed by atoms with E-state index >= 15 is 0 Å². The summed E-state index contributed by atoms with van der Waals surface area (Å²) in [7, 11) is 1.76. The quantitative estimate of drug-likeness (QED) is 0.734. The minimum atomic E-state index is -0.929. The van der Waals surface area contributed by atoms with Crippen LogP contribution in [0.2, 0.25) is 0 Å². The van der Waals surface area contributed by atoms with Crippen molar-refractivity contribution in [3.63, 3.8) is 0 Å². The number of nitrogens with zero attached hydrogens (tertiary/aromatic N) is 3. The van der Waals surface area contributed by atoms with Crippen LogP contribution in [0, 0.1) is 0 Å². The predicted molar refractivity (Wildman–Crippen MR) is 74.3 cm³/mol. The molecule has 0 saturated carbocycles. The summed E-state index contributed by atoms with van der Waals surface area (Å²) in [5.41, 5.74) is 0.976. The summed E-state index contributed by atoms with van der Waals surface area (Å²) < 4.78 is 1.61. The van der Waals surface area contributed by atoms with Crippen LogP contribution in [0.5, 0.6) is 0 Å². The summed E-state index contributed by atoms with van der Waals surface area (Å²) in [4.78, 5) is 13.4. The molecule has 0 aromatic carbocycles. The third-order valence-electron chi connectivity index (χ3n) is 3.34. The Morgan fingerprint density at radius 1 is 1.53 bits per heavy atom. The van der Waals surface area contributed by atoms with Crippen molar-refractivity contribution in [1.29, 1.82) is 0 Å². The van der Waals surface area contributed by atoms with Crippen LogP contribution < -0.4 is 5.32 Å². The van der Waals surface area contributed by atoms with E-state index in [-0.39, 0.29) is 5.56 Å². The molecule has 1 unspecified atom stereocenters. The predicted octanol–water partition coefficient (Wildman–Crippen LogP) is 0.938. The number of aromatic nitrogens is 2. The first-order valence-electron chi connectivity index (χ1n) is 6.69. The number of aryl methyl sites for hydroxylation is 1. The van der Waals surface area contributed by atoms with Gasteiger partial charge in [0.25, 0.3) is 0 Å². The van der Waals surface area contributed by atoms with Crippen LogP contribution in [0.25, 0.3) is 0 Å². The van der Waals surface area contributed by atoms with Crippen LogP contribution in [0.4, 0.5) is 0 Å². The monoisotopic (exact) mass is 268 g/mol. The second-order valence-corrected chi connectivity index (χ2v) is 4.70. The highest BCUT2D eigenvalue weighted by Crippen LogP contribution is 2.07. The van der Waals surface area contributed by atoms with Gasteiger partial charge in [0.05, 0.1) is 11.9 Å². The Kier molecular flexibility index (Phi) is 5.98. The van der Waals surface area contributed by atoms with Crippen LogP contribution in [0.15, 0.2) is 6.20 Å². The number of rotatable bonds is 8. The highest BCUT2D eigenvalue weighted by molar-refractivity contribution is 5.88. The fourth-order valence-electron chi connectivity index (χ4n) is 2.06. The lowest BCUT2D eigenvalue weighted by molar-refractivity contribution is 0.0695. The average Bonchev–Trinajstić information content (AvgIpc) is 2.75. The molecule has 2 N–H and O–H groups in total. The lowest BCUT2D eigenvalue weighted by atomic mass is 10.2. The van der Waals surface area contributed by atoms with Crippen molar-refractivity contribution < 1.29 is 9.90 Å². The Morgan fingerprint density at radius 2 is 2.16 bits per heavy atom. The molecule has 0 aliphatic heterocycles. The molecule has 0 fully saturated rings. The zero-order valence-corrected chi connectivity index (χ0v) is 12.2. The molecular weight excluding hydrogens is 244 g/mol. The Labute approximate surface area is 114 Å². The highest BCUT2D eigenvalue weighted by Gasteiger charge is 2.15. The van der Waals surface area contributed by atoms with Crippen LogP contribution in [0.3, 0.4) is 0 Å². The molecule has 0 radical (unpaired) electrons. The first kappa shape index (κ1) is 15.7. The van der Waals surface area contributed by atoms with Gasteiger partial charge in [-0.25, -0.2) is 4.79 Å². The molecule has 19 heavy (non-hydrogen) atoms. The third-order valence-corrected chi connectivity index (χ3v) is 3.34. The van der Waals surface area contributed by atoms with E-state index in [4.69, 9.17) is 5.11 Å². The van der Waals surface area contributed by atoms with Gasteiger partial charge in [-0.1, -0.05) is 13.8 Å². The molecule has 0 bridgehead atoms. The van der Waals surface area contributed by atoms with E-state index in [1.54, 1.807) is 11.7 Å². The third kappa shape index (κ3) is 4.33. The Morgan fingerprint density at radius 3 is 2.68 bits per heavy atom. The molecule has 1 heterocycles. The average molecular weight is 268 g/mol. The van der Waals surface area contributed by atoms with Crippen LogP contribution in [0.1, 0.15) is 36.8 Å². The fourth-order valence-corrected chi connectivity index (χ4v) is 2.06. The van der Waals surface area contributed by atoms with Gasteiger partial charge in [0.15, 0.2) is 0 Å². The number of carbonyl (C=O) groups is 1. The second kappa shape index (κ2) is 7.25. The minimum Gasteiger partial charge on any atom is -0.478 e. The molecule has 1 aromatic heterocycles. The van der Waals surface area contributed by atoms with Crippen LogP contribution in [-0.2, 0) is 13.6 Å². The number of aromatic carboxylic acids is 1. The van der Waals surface area contributed by atoms with Crippen LogP contribution >= 0.6 is 0 Å². The van der Waals surface area contributed by atoms with E-state index in [1.165, 1.54) is 6.20 Å². The topological polar surface area (TPSA) is 70.4 Å². The smallest absolute Gasteiger partial charge is 0.339 e. The highest BCUT2D eigenvalue weighted by atomic mass is 16.4. The number of carboxylic acids is 1. The van der Waals surface area contributed by atoms with E-state index in [2.05, 4.69) is 36.1 Å². The fraction of sp³-hybridized carbons (Fsp3) is 0.692. The summed E-state index contributed by atoms with van der Waals surface area (Å²) in [5, 5.41) is 16.4. The summed E-state index contributed by atoms with van der Waals surface area (Å²) >= 11 is 0. The van der Waals surface area contributed by atoms with Gasteiger partial charge in [-0.2, -0.15) is 5.10 Å². The first-order chi connectivity index (χ1) is 8.99. The van der Waals surface area contributed by atoms with Gasteiger partial charge >= 0.3 is 5.97 Å². The van der Waals surface area contributed by atoms with Crippen molar-refractivity contribution in [1.82, 2.24) is 20.0 Å². The van der Waals surface area contributed by atoms with Gasteiger partial charge in [0.2, 0.25) is 0 Å². The number of hydrogen-bond donors (Lipinski definition) is 2. The van der Waals surface area contributed by atoms with Gasteiger partial charge in [-0.15, -0.1) is 0 Å². The number of likely N-dealkylation sites (N-methyl/N-ethyl adjacent to an activating group) is 1.